The molecule has 18 heavy (non-hydrogen) atoms. The van der Waals surface area contributed by atoms with Crippen molar-refractivity contribution in [2.45, 2.75) is 18.9 Å². The highest BCUT2D eigenvalue weighted by atomic mass is 19.1. The van der Waals surface area contributed by atoms with Crippen LogP contribution in [0.5, 0.6) is 0 Å². The number of aliphatic imine (C=N–C) groups is 1. The Labute approximate surface area is 106 Å². The SMILES string of the molecule is Fc1cccc(C2CN=C(C3CCNCC3)O2)c1. The molecule has 2 aliphatic rings. The Kier molecular flexibility index (Phi) is 3.28. The van der Waals surface area contributed by atoms with E-state index in [2.05, 4.69) is 10.3 Å². The quantitative estimate of drug-likeness (QED) is 0.871. The van der Waals surface area contributed by atoms with Crippen molar-refractivity contribution in [3.05, 3.63) is 35.6 Å². The van der Waals surface area contributed by atoms with Crippen molar-refractivity contribution in [3.8, 4) is 0 Å². The first-order valence-electron chi connectivity index (χ1n) is 6.50. The van der Waals surface area contributed by atoms with E-state index in [0.717, 1.165) is 37.4 Å². The minimum Gasteiger partial charge on any atom is -0.471 e. The predicted octanol–water partition coefficient (Wildman–Crippen LogP) is 2.30. The molecule has 0 radical (unpaired) electrons. The van der Waals surface area contributed by atoms with Crippen LogP contribution in [-0.2, 0) is 4.74 Å². The smallest absolute Gasteiger partial charge is 0.187 e. The Hall–Kier alpha value is -1.42. The summed E-state index contributed by atoms with van der Waals surface area (Å²) < 4.78 is 19.1. The zero-order valence-electron chi connectivity index (χ0n) is 10.2. The third kappa shape index (κ3) is 2.38. The second-order valence-corrected chi connectivity index (χ2v) is 4.86. The van der Waals surface area contributed by atoms with Gasteiger partial charge < -0.3 is 10.1 Å². The summed E-state index contributed by atoms with van der Waals surface area (Å²) in [6, 6.07) is 6.60. The van der Waals surface area contributed by atoms with E-state index >= 15 is 0 Å². The number of nitrogens with zero attached hydrogens (tertiary/aromatic N) is 1. The highest BCUT2D eigenvalue weighted by Crippen LogP contribution is 2.28. The van der Waals surface area contributed by atoms with Crippen molar-refractivity contribution in [2.24, 2.45) is 10.9 Å². The lowest BCUT2D eigenvalue weighted by molar-refractivity contribution is 0.207. The first-order valence-corrected chi connectivity index (χ1v) is 6.50. The second kappa shape index (κ2) is 5.06. The molecular weight excluding hydrogens is 231 g/mol. The topological polar surface area (TPSA) is 33.6 Å². The van der Waals surface area contributed by atoms with Crippen molar-refractivity contribution in [2.75, 3.05) is 19.6 Å². The van der Waals surface area contributed by atoms with Crippen LogP contribution in [0, 0.1) is 11.7 Å². The number of hydrogen-bond donors (Lipinski definition) is 1. The number of halogens is 1. The average Bonchev–Trinajstić information content (AvgIpc) is 2.89. The summed E-state index contributed by atoms with van der Waals surface area (Å²) in [5.74, 6) is 1.09. The fourth-order valence-electron chi connectivity index (χ4n) is 2.57. The number of benzene rings is 1. The zero-order valence-corrected chi connectivity index (χ0v) is 10.2. The lowest BCUT2D eigenvalue weighted by Gasteiger charge is -2.23. The molecule has 1 fully saturated rings. The molecule has 1 unspecified atom stereocenters. The van der Waals surface area contributed by atoms with E-state index in [0.29, 0.717) is 12.5 Å². The van der Waals surface area contributed by atoms with Crippen molar-refractivity contribution in [1.82, 2.24) is 5.32 Å². The molecule has 0 saturated carbocycles. The molecule has 3 rings (SSSR count). The van der Waals surface area contributed by atoms with E-state index in [9.17, 15) is 4.39 Å². The molecule has 96 valence electrons. The third-order valence-corrected chi connectivity index (χ3v) is 3.58. The Morgan fingerprint density at radius 1 is 1.28 bits per heavy atom. The maximum absolute atomic E-state index is 13.2. The van der Waals surface area contributed by atoms with Gasteiger partial charge in [-0.25, -0.2) is 4.39 Å². The van der Waals surface area contributed by atoms with Gasteiger partial charge in [-0.15, -0.1) is 0 Å². The summed E-state index contributed by atoms with van der Waals surface area (Å²) in [6.45, 7) is 2.66. The Morgan fingerprint density at radius 3 is 2.89 bits per heavy atom. The lowest BCUT2D eigenvalue weighted by Crippen LogP contribution is -2.32. The summed E-state index contributed by atoms with van der Waals surface area (Å²) in [6.07, 6.45) is 2.05. The third-order valence-electron chi connectivity index (χ3n) is 3.58. The van der Waals surface area contributed by atoms with Crippen LogP contribution in [0.4, 0.5) is 4.39 Å². The van der Waals surface area contributed by atoms with Crippen LogP contribution in [0.3, 0.4) is 0 Å². The average molecular weight is 248 g/mol. The number of piperidine rings is 1. The fourth-order valence-corrected chi connectivity index (χ4v) is 2.57. The molecule has 1 saturated heterocycles. The van der Waals surface area contributed by atoms with Gasteiger partial charge in [0.05, 0.1) is 6.54 Å². The van der Waals surface area contributed by atoms with Crippen LogP contribution in [0.1, 0.15) is 24.5 Å². The van der Waals surface area contributed by atoms with Crippen LogP contribution < -0.4 is 5.32 Å². The van der Waals surface area contributed by atoms with Gasteiger partial charge in [-0.3, -0.25) is 4.99 Å². The first-order chi connectivity index (χ1) is 8.83. The van der Waals surface area contributed by atoms with E-state index in [1.165, 1.54) is 12.1 Å². The Morgan fingerprint density at radius 2 is 2.11 bits per heavy atom. The number of hydrogen-bond acceptors (Lipinski definition) is 3. The molecule has 4 heteroatoms. The van der Waals surface area contributed by atoms with Gasteiger partial charge in [0.1, 0.15) is 11.9 Å². The van der Waals surface area contributed by atoms with Crippen molar-refractivity contribution in [1.29, 1.82) is 0 Å². The van der Waals surface area contributed by atoms with Crippen LogP contribution >= 0.6 is 0 Å². The summed E-state index contributed by atoms with van der Waals surface area (Å²) in [7, 11) is 0. The molecule has 2 heterocycles. The van der Waals surface area contributed by atoms with Crippen LogP contribution in [0.2, 0.25) is 0 Å². The van der Waals surface area contributed by atoms with E-state index in [-0.39, 0.29) is 11.9 Å². The minimum absolute atomic E-state index is 0.106. The number of ether oxygens (including phenoxy) is 1. The Bertz CT molecular complexity index is 455. The van der Waals surface area contributed by atoms with Crippen LogP contribution in [0.25, 0.3) is 0 Å². The predicted molar refractivity (Wildman–Crippen MR) is 68.1 cm³/mol. The molecule has 0 bridgehead atoms. The molecule has 1 aromatic carbocycles. The molecule has 1 atom stereocenters. The maximum Gasteiger partial charge on any atom is 0.187 e. The van der Waals surface area contributed by atoms with Crippen molar-refractivity contribution >= 4 is 5.90 Å². The minimum atomic E-state index is -0.216. The molecule has 0 aliphatic carbocycles. The van der Waals surface area contributed by atoms with E-state index in [1.54, 1.807) is 6.07 Å². The van der Waals surface area contributed by atoms with E-state index in [4.69, 9.17) is 4.74 Å². The fraction of sp³-hybridized carbons (Fsp3) is 0.500. The van der Waals surface area contributed by atoms with E-state index < -0.39 is 0 Å². The summed E-state index contributed by atoms with van der Waals surface area (Å²) in [5, 5.41) is 3.33. The van der Waals surface area contributed by atoms with Crippen LogP contribution in [-0.4, -0.2) is 25.5 Å². The molecule has 3 nitrogen and oxygen atoms in total. The molecule has 2 aliphatic heterocycles. The summed E-state index contributed by atoms with van der Waals surface area (Å²) in [4.78, 5) is 4.49. The van der Waals surface area contributed by atoms with Crippen LogP contribution in [0.15, 0.2) is 29.3 Å². The number of nitrogens with one attached hydrogen (secondary N) is 1. The van der Waals surface area contributed by atoms with Crippen molar-refractivity contribution < 1.29 is 9.13 Å². The summed E-state index contributed by atoms with van der Waals surface area (Å²) >= 11 is 0. The first kappa shape index (κ1) is 11.7. The van der Waals surface area contributed by atoms with E-state index in [1.807, 2.05) is 6.07 Å². The Balaban J connectivity index is 1.66. The monoisotopic (exact) mass is 248 g/mol. The normalized spacial score (nSPS) is 24.7. The lowest BCUT2D eigenvalue weighted by atomic mass is 9.98. The molecular formula is C14H17FN2O. The standard InChI is InChI=1S/C14H17FN2O/c15-12-3-1-2-11(8-12)13-9-17-14(18-13)10-4-6-16-7-5-10/h1-3,8,10,13,16H,4-7,9H2. The second-order valence-electron chi connectivity index (χ2n) is 4.86. The molecule has 0 amide bonds. The molecule has 0 spiro atoms. The summed E-state index contributed by atoms with van der Waals surface area (Å²) in [5.41, 5.74) is 0.877. The molecule has 0 aromatic heterocycles. The van der Waals surface area contributed by atoms with Gasteiger partial charge in [0, 0.05) is 5.92 Å². The molecule has 1 aromatic rings. The van der Waals surface area contributed by atoms with Crippen molar-refractivity contribution in [3.63, 3.8) is 0 Å². The van der Waals surface area contributed by atoms with Gasteiger partial charge in [0.15, 0.2) is 5.90 Å². The largest absolute Gasteiger partial charge is 0.471 e. The van der Waals surface area contributed by atoms with Gasteiger partial charge in [-0.1, -0.05) is 12.1 Å². The highest BCUT2D eigenvalue weighted by Gasteiger charge is 2.28. The van der Waals surface area contributed by atoms with Gasteiger partial charge >= 0.3 is 0 Å². The highest BCUT2D eigenvalue weighted by molar-refractivity contribution is 5.80. The van der Waals surface area contributed by atoms with Gasteiger partial charge in [-0.2, -0.15) is 0 Å². The zero-order chi connectivity index (χ0) is 12.4. The molecule has 1 N–H and O–H groups in total. The van der Waals surface area contributed by atoms with Gasteiger partial charge in [0.25, 0.3) is 0 Å². The number of rotatable bonds is 2. The maximum atomic E-state index is 13.2. The van der Waals surface area contributed by atoms with Gasteiger partial charge in [-0.05, 0) is 43.6 Å². The van der Waals surface area contributed by atoms with Gasteiger partial charge in [0.2, 0.25) is 0 Å².